The SMILES string of the molecule is Fc1cccc(CNc2ccc(C(F)(F)F)cc2)c1F. The Hall–Kier alpha value is -2.11. The molecule has 0 amide bonds. The first-order chi connectivity index (χ1) is 9.38. The average molecular weight is 287 g/mol. The summed E-state index contributed by atoms with van der Waals surface area (Å²) in [5.74, 6) is -1.93. The van der Waals surface area contributed by atoms with Crippen molar-refractivity contribution in [3.63, 3.8) is 0 Å². The number of nitrogens with one attached hydrogen (secondary N) is 1. The van der Waals surface area contributed by atoms with Crippen LogP contribution in [0.4, 0.5) is 27.6 Å². The smallest absolute Gasteiger partial charge is 0.381 e. The summed E-state index contributed by atoms with van der Waals surface area (Å²) in [5.41, 5.74) is -0.272. The van der Waals surface area contributed by atoms with Crippen molar-refractivity contribution in [1.82, 2.24) is 0 Å². The summed E-state index contributed by atoms with van der Waals surface area (Å²) >= 11 is 0. The van der Waals surface area contributed by atoms with Gasteiger partial charge < -0.3 is 5.32 Å². The zero-order valence-corrected chi connectivity index (χ0v) is 10.1. The first kappa shape index (κ1) is 14.3. The molecule has 0 spiro atoms. The number of hydrogen-bond donors (Lipinski definition) is 1. The van der Waals surface area contributed by atoms with E-state index in [1.807, 2.05) is 0 Å². The van der Waals surface area contributed by atoms with Crippen molar-refractivity contribution in [2.24, 2.45) is 0 Å². The van der Waals surface area contributed by atoms with Gasteiger partial charge in [-0.25, -0.2) is 8.78 Å². The monoisotopic (exact) mass is 287 g/mol. The molecule has 2 rings (SSSR count). The summed E-state index contributed by atoms with van der Waals surface area (Å²) in [7, 11) is 0. The van der Waals surface area contributed by atoms with Crippen molar-refractivity contribution >= 4 is 5.69 Å². The van der Waals surface area contributed by atoms with Gasteiger partial charge in [-0.1, -0.05) is 12.1 Å². The Morgan fingerprint density at radius 2 is 1.55 bits per heavy atom. The van der Waals surface area contributed by atoms with Crippen molar-refractivity contribution in [1.29, 1.82) is 0 Å². The van der Waals surface area contributed by atoms with Crippen molar-refractivity contribution in [3.05, 3.63) is 65.2 Å². The second-order valence-corrected chi connectivity index (χ2v) is 4.14. The summed E-state index contributed by atoms with van der Waals surface area (Å²) in [4.78, 5) is 0. The molecule has 0 saturated carbocycles. The maximum absolute atomic E-state index is 13.4. The number of benzene rings is 2. The Kier molecular flexibility index (Phi) is 3.92. The van der Waals surface area contributed by atoms with Crippen LogP contribution in [0.2, 0.25) is 0 Å². The van der Waals surface area contributed by atoms with Crippen LogP contribution in [0.15, 0.2) is 42.5 Å². The lowest BCUT2D eigenvalue weighted by Crippen LogP contribution is -2.06. The number of alkyl halides is 3. The molecule has 2 aromatic rings. The Bertz CT molecular complexity index is 590. The fourth-order valence-electron chi connectivity index (χ4n) is 1.66. The fraction of sp³-hybridized carbons (Fsp3) is 0.143. The van der Waals surface area contributed by atoms with E-state index in [0.29, 0.717) is 5.69 Å². The highest BCUT2D eigenvalue weighted by molar-refractivity contribution is 5.45. The molecule has 0 bridgehead atoms. The van der Waals surface area contributed by atoms with Crippen molar-refractivity contribution < 1.29 is 22.0 Å². The Labute approximate surface area is 112 Å². The van der Waals surface area contributed by atoms with E-state index in [1.165, 1.54) is 24.3 Å². The van der Waals surface area contributed by atoms with Crippen LogP contribution in [0.1, 0.15) is 11.1 Å². The van der Waals surface area contributed by atoms with Gasteiger partial charge in [-0.3, -0.25) is 0 Å². The predicted octanol–water partition coefficient (Wildman–Crippen LogP) is 4.60. The molecule has 0 aliphatic carbocycles. The number of halogens is 5. The third kappa shape index (κ3) is 3.26. The average Bonchev–Trinajstić information content (AvgIpc) is 2.40. The molecule has 106 valence electrons. The van der Waals surface area contributed by atoms with E-state index in [-0.39, 0.29) is 12.1 Å². The molecule has 2 aromatic carbocycles. The van der Waals surface area contributed by atoms with E-state index in [2.05, 4.69) is 5.32 Å². The van der Waals surface area contributed by atoms with E-state index in [9.17, 15) is 22.0 Å². The van der Waals surface area contributed by atoms with Crippen molar-refractivity contribution in [2.45, 2.75) is 12.7 Å². The van der Waals surface area contributed by atoms with E-state index in [0.717, 1.165) is 18.2 Å². The van der Waals surface area contributed by atoms with Crippen LogP contribution >= 0.6 is 0 Å². The fourth-order valence-corrected chi connectivity index (χ4v) is 1.66. The van der Waals surface area contributed by atoms with Gasteiger partial charge in [-0.2, -0.15) is 13.2 Å². The van der Waals surface area contributed by atoms with Crippen LogP contribution < -0.4 is 5.32 Å². The molecule has 0 radical (unpaired) electrons. The summed E-state index contributed by atoms with van der Waals surface area (Å²) in [6.45, 7) is -0.0189. The van der Waals surface area contributed by atoms with Gasteiger partial charge in [0.05, 0.1) is 5.56 Å². The maximum atomic E-state index is 13.4. The van der Waals surface area contributed by atoms with E-state index in [1.54, 1.807) is 0 Å². The topological polar surface area (TPSA) is 12.0 Å². The quantitative estimate of drug-likeness (QED) is 0.814. The molecule has 0 heterocycles. The number of anilines is 1. The summed E-state index contributed by atoms with van der Waals surface area (Å²) in [6.07, 6.45) is -4.40. The second kappa shape index (κ2) is 5.48. The molecule has 0 unspecified atom stereocenters. The molecule has 0 aliphatic rings. The molecule has 6 heteroatoms. The molecular weight excluding hydrogens is 277 g/mol. The van der Waals surface area contributed by atoms with Crippen LogP contribution in [0.3, 0.4) is 0 Å². The van der Waals surface area contributed by atoms with Gasteiger partial charge >= 0.3 is 6.18 Å². The Balaban J connectivity index is 2.06. The first-order valence-electron chi connectivity index (χ1n) is 5.72. The molecule has 1 nitrogen and oxygen atoms in total. The van der Waals surface area contributed by atoms with E-state index in [4.69, 9.17) is 0 Å². The molecule has 0 aromatic heterocycles. The third-order valence-corrected chi connectivity index (χ3v) is 2.73. The van der Waals surface area contributed by atoms with Gasteiger partial charge in [0.25, 0.3) is 0 Å². The van der Waals surface area contributed by atoms with Crippen LogP contribution in [0, 0.1) is 11.6 Å². The van der Waals surface area contributed by atoms with Crippen LogP contribution in [-0.4, -0.2) is 0 Å². The Morgan fingerprint density at radius 1 is 0.900 bits per heavy atom. The molecule has 0 aliphatic heterocycles. The minimum atomic E-state index is -4.40. The van der Waals surface area contributed by atoms with Crippen molar-refractivity contribution in [3.8, 4) is 0 Å². The molecule has 20 heavy (non-hydrogen) atoms. The van der Waals surface area contributed by atoms with Gasteiger partial charge in [0, 0.05) is 17.8 Å². The summed E-state index contributed by atoms with van der Waals surface area (Å²) < 4.78 is 63.4. The highest BCUT2D eigenvalue weighted by Gasteiger charge is 2.29. The lowest BCUT2D eigenvalue weighted by molar-refractivity contribution is -0.137. The van der Waals surface area contributed by atoms with Gasteiger partial charge in [0.1, 0.15) is 0 Å². The van der Waals surface area contributed by atoms with Gasteiger partial charge in [0.15, 0.2) is 11.6 Å². The lowest BCUT2D eigenvalue weighted by Gasteiger charge is -2.10. The molecule has 0 saturated heterocycles. The number of rotatable bonds is 3. The highest BCUT2D eigenvalue weighted by Crippen LogP contribution is 2.29. The van der Waals surface area contributed by atoms with E-state index < -0.39 is 23.4 Å². The molecular formula is C14H10F5N. The summed E-state index contributed by atoms with van der Waals surface area (Å²) in [6, 6.07) is 8.07. The molecule has 0 fully saturated rings. The summed E-state index contributed by atoms with van der Waals surface area (Å²) in [5, 5.41) is 2.73. The van der Waals surface area contributed by atoms with Crippen LogP contribution in [0.5, 0.6) is 0 Å². The maximum Gasteiger partial charge on any atom is 0.416 e. The Morgan fingerprint density at radius 3 is 2.15 bits per heavy atom. The first-order valence-corrected chi connectivity index (χ1v) is 5.72. The second-order valence-electron chi connectivity index (χ2n) is 4.14. The van der Waals surface area contributed by atoms with Crippen LogP contribution in [-0.2, 0) is 12.7 Å². The van der Waals surface area contributed by atoms with E-state index >= 15 is 0 Å². The normalized spacial score (nSPS) is 11.4. The molecule has 1 N–H and O–H groups in total. The van der Waals surface area contributed by atoms with Crippen molar-refractivity contribution in [2.75, 3.05) is 5.32 Å². The minimum Gasteiger partial charge on any atom is -0.381 e. The largest absolute Gasteiger partial charge is 0.416 e. The predicted molar refractivity (Wildman–Crippen MR) is 65.1 cm³/mol. The van der Waals surface area contributed by atoms with Gasteiger partial charge in [0.2, 0.25) is 0 Å². The van der Waals surface area contributed by atoms with Gasteiger partial charge in [-0.15, -0.1) is 0 Å². The van der Waals surface area contributed by atoms with Gasteiger partial charge in [-0.05, 0) is 30.3 Å². The zero-order chi connectivity index (χ0) is 14.8. The minimum absolute atomic E-state index is 0.0189. The molecule has 0 atom stereocenters. The zero-order valence-electron chi connectivity index (χ0n) is 10.1. The standard InChI is InChI=1S/C14H10F5N/c15-12-3-1-2-9(13(12)16)8-20-11-6-4-10(5-7-11)14(17,18)19/h1-7,20H,8H2. The number of hydrogen-bond acceptors (Lipinski definition) is 1. The van der Waals surface area contributed by atoms with Crippen LogP contribution in [0.25, 0.3) is 0 Å². The lowest BCUT2D eigenvalue weighted by atomic mass is 10.1. The third-order valence-electron chi connectivity index (χ3n) is 2.73. The highest BCUT2D eigenvalue weighted by atomic mass is 19.4.